The van der Waals surface area contributed by atoms with E-state index < -0.39 is 0 Å². The molecule has 1 aromatic heterocycles. The van der Waals surface area contributed by atoms with Crippen LogP contribution in [0.25, 0.3) is 0 Å². The zero-order valence-electron chi connectivity index (χ0n) is 16.0. The molecule has 6 nitrogen and oxygen atoms in total. The average molecular weight is 390 g/mol. The molecule has 7 heteroatoms. The number of hydrogen-bond donors (Lipinski definition) is 1. The van der Waals surface area contributed by atoms with Crippen molar-refractivity contribution < 1.29 is 14.3 Å². The van der Waals surface area contributed by atoms with Crippen LogP contribution >= 0.6 is 11.3 Å². The molecule has 2 heterocycles. The van der Waals surface area contributed by atoms with Crippen molar-refractivity contribution in [1.82, 2.24) is 15.2 Å². The van der Waals surface area contributed by atoms with Crippen LogP contribution in [0.1, 0.15) is 29.1 Å². The molecule has 1 N–H and O–H groups in total. The van der Waals surface area contributed by atoms with Crippen molar-refractivity contribution in [3.63, 3.8) is 0 Å². The largest absolute Gasteiger partial charge is 0.493 e. The van der Waals surface area contributed by atoms with Crippen molar-refractivity contribution in [2.24, 2.45) is 0 Å². The van der Waals surface area contributed by atoms with Crippen LogP contribution in [-0.2, 0) is 24.2 Å². The molecule has 146 valence electrons. The van der Waals surface area contributed by atoms with Crippen LogP contribution in [0.5, 0.6) is 11.5 Å². The maximum Gasteiger partial charge on any atom is 0.226 e. The lowest BCUT2D eigenvalue weighted by Crippen LogP contribution is -2.27. The van der Waals surface area contributed by atoms with Gasteiger partial charge in [0, 0.05) is 11.9 Å². The molecular formula is C20H27N3O3S. The molecule has 0 atom stereocenters. The molecule has 0 radical (unpaired) electrons. The number of nitrogens with zero attached hydrogens (tertiary/aromatic N) is 2. The molecule has 1 fully saturated rings. The second kappa shape index (κ2) is 9.71. The van der Waals surface area contributed by atoms with Crippen molar-refractivity contribution in [2.45, 2.75) is 32.2 Å². The zero-order valence-corrected chi connectivity index (χ0v) is 16.8. The molecule has 0 aliphatic carbocycles. The Labute approximate surface area is 164 Å². The number of amides is 1. The topological polar surface area (TPSA) is 63.7 Å². The summed E-state index contributed by atoms with van der Waals surface area (Å²) >= 11 is 1.65. The van der Waals surface area contributed by atoms with Gasteiger partial charge in [-0.25, -0.2) is 4.98 Å². The molecule has 0 spiro atoms. The Balaban J connectivity index is 1.42. The number of aromatic nitrogens is 1. The molecule has 0 bridgehead atoms. The number of rotatable bonds is 9. The van der Waals surface area contributed by atoms with Crippen LogP contribution in [0.4, 0.5) is 0 Å². The van der Waals surface area contributed by atoms with E-state index in [1.54, 1.807) is 25.6 Å². The van der Waals surface area contributed by atoms with Crippen molar-refractivity contribution in [3.05, 3.63) is 39.8 Å². The van der Waals surface area contributed by atoms with Gasteiger partial charge in [-0.05, 0) is 50.0 Å². The fraction of sp³-hybridized carbons (Fsp3) is 0.500. The van der Waals surface area contributed by atoms with Gasteiger partial charge >= 0.3 is 0 Å². The number of methoxy groups -OCH3 is 2. The van der Waals surface area contributed by atoms with Gasteiger partial charge in [0.25, 0.3) is 0 Å². The van der Waals surface area contributed by atoms with Gasteiger partial charge in [-0.1, -0.05) is 6.07 Å². The molecule has 1 amide bonds. The lowest BCUT2D eigenvalue weighted by molar-refractivity contribution is -0.120. The van der Waals surface area contributed by atoms with Crippen LogP contribution in [0.15, 0.2) is 23.6 Å². The van der Waals surface area contributed by atoms with Crippen molar-refractivity contribution >= 4 is 17.2 Å². The number of carbonyl (C=O) groups is 1. The highest BCUT2D eigenvalue weighted by atomic mass is 32.1. The van der Waals surface area contributed by atoms with E-state index in [4.69, 9.17) is 9.47 Å². The van der Waals surface area contributed by atoms with Crippen LogP contribution in [0, 0.1) is 0 Å². The maximum atomic E-state index is 12.2. The minimum Gasteiger partial charge on any atom is -0.493 e. The van der Waals surface area contributed by atoms with Gasteiger partial charge in [-0.15, -0.1) is 11.3 Å². The minimum absolute atomic E-state index is 0.00787. The number of likely N-dealkylation sites (tertiary alicyclic amines) is 1. The van der Waals surface area contributed by atoms with E-state index in [1.807, 2.05) is 23.6 Å². The normalized spacial score (nSPS) is 14.3. The van der Waals surface area contributed by atoms with Gasteiger partial charge in [0.1, 0.15) is 5.01 Å². The Bertz CT molecular complexity index is 757. The Kier molecular flexibility index (Phi) is 7.06. The molecule has 0 unspecified atom stereocenters. The predicted octanol–water partition coefficient (Wildman–Crippen LogP) is 2.66. The summed E-state index contributed by atoms with van der Waals surface area (Å²) in [6.07, 6.45) is 3.63. The first-order chi connectivity index (χ1) is 13.2. The fourth-order valence-corrected chi connectivity index (χ4v) is 4.08. The first kappa shape index (κ1) is 19.6. The Morgan fingerprint density at radius 1 is 1.22 bits per heavy atom. The maximum absolute atomic E-state index is 12.2. The summed E-state index contributed by atoms with van der Waals surface area (Å²) in [5.41, 5.74) is 1.95. The average Bonchev–Trinajstić information content (AvgIpc) is 3.34. The number of thiazole rings is 1. The van der Waals surface area contributed by atoms with Gasteiger partial charge in [0.05, 0.1) is 32.9 Å². The molecule has 1 aliphatic rings. The molecule has 0 saturated carbocycles. The van der Waals surface area contributed by atoms with E-state index in [1.165, 1.54) is 12.8 Å². The Morgan fingerprint density at radius 2 is 2.00 bits per heavy atom. The second-order valence-corrected chi connectivity index (χ2v) is 7.62. The van der Waals surface area contributed by atoms with Crippen LogP contribution in [0.3, 0.4) is 0 Å². The summed E-state index contributed by atoms with van der Waals surface area (Å²) in [7, 11) is 3.24. The predicted molar refractivity (Wildman–Crippen MR) is 107 cm³/mol. The smallest absolute Gasteiger partial charge is 0.226 e. The quantitative estimate of drug-likeness (QED) is 0.714. The minimum atomic E-state index is 0.00787. The molecular weight excluding hydrogens is 362 g/mol. The van der Waals surface area contributed by atoms with Crippen molar-refractivity contribution in [1.29, 1.82) is 0 Å². The molecule has 3 rings (SSSR count). The second-order valence-electron chi connectivity index (χ2n) is 6.68. The number of carbonyl (C=O) groups excluding carboxylic acids is 1. The molecule has 2 aromatic rings. The third-order valence-corrected chi connectivity index (χ3v) is 5.56. The van der Waals surface area contributed by atoms with Crippen molar-refractivity contribution in [2.75, 3.05) is 33.9 Å². The highest BCUT2D eigenvalue weighted by molar-refractivity contribution is 7.09. The summed E-state index contributed by atoms with van der Waals surface area (Å²) in [6.45, 7) is 3.81. The molecule has 1 saturated heterocycles. The Morgan fingerprint density at radius 3 is 2.74 bits per heavy atom. The summed E-state index contributed by atoms with van der Waals surface area (Å²) in [4.78, 5) is 19.2. The summed E-state index contributed by atoms with van der Waals surface area (Å²) in [5, 5.41) is 6.07. The van der Waals surface area contributed by atoms with Gasteiger partial charge < -0.3 is 14.8 Å². The third kappa shape index (κ3) is 5.68. The van der Waals surface area contributed by atoms with Crippen molar-refractivity contribution in [3.8, 4) is 11.5 Å². The highest BCUT2D eigenvalue weighted by Crippen LogP contribution is 2.27. The highest BCUT2D eigenvalue weighted by Gasteiger charge is 2.14. The lowest BCUT2D eigenvalue weighted by atomic mass is 10.1. The molecule has 1 aromatic carbocycles. The van der Waals surface area contributed by atoms with Gasteiger partial charge in [0.15, 0.2) is 11.5 Å². The summed E-state index contributed by atoms with van der Waals surface area (Å²) in [6, 6.07) is 5.81. The Hall–Kier alpha value is -2.12. The van der Waals surface area contributed by atoms with E-state index >= 15 is 0 Å². The first-order valence-electron chi connectivity index (χ1n) is 9.31. The van der Waals surface area contributed by atoms with E-state index in [0.29, 0.717) is 24.5 Å². The van der Waals surface area contributed by atoms with E-state index in [0.717, 1.165) is 42.3 Å². The van der Waals surface area contributed by atoms with Gasteiger partial charge in [0.2, 0.25) is 5.91 Å². The van der Waals surface area contributed by atoms with Gasteiger partial charge in [-0.2, -0.15) is 0 Å². The number of hydrogen-bond acceptors (Lipinski definition) is 6. The summed E-state index contributed by atoms with van der Waals surface area (Å²) < 4.78 is 10.6. The lowest BCUT2D eigenvalue weighted by Gasteiger charge is -2.11. The van der Waals surface area contributed by atoms with Gasteiger partial charge in [-0.3, -0.25) is 9.69 Å². The zero-order chi connectivity index (χ0) is 19.1. The van der Waals surface area contributed by atoms with Crippen LogP contribution < -0.4 is 14.8 Å². The third-order valence-electron chi connectivity index (χ3n) is 4.68. The number of nitrogens with one attached hydrogen (secondary N) is 1. The standard InChI is InChI=1S/C20H27N3O3S/c1-25-17-6-5-15(11-18(17)26-2)7-8-21-19(24)12-16-14-27-20(22-16)13-23-9-3-4-10-23/h5-6,11,14H,3-4,7-10,12-13H2,1-2H3,(H,21,24). The first-order valence-corrected chi connectivity index (χ1v) is 10.2. The SMILES string of the molecule is COc1ccc(CCNC(=O)Cc2csc(CN3CCCC3)n2)cc1OC. The van der Waals surface area contributed by atoms with E-state index in [9.17, 15) is 4.79 Å². The fourth-order valence-electron chi connectivity index (χ4n) is 3.24. The van der Waals surface area contributed by atoms with E-state index in [2.05, 4.69) is 15.2 Å². The van der Waals surface area contributed by atoms with Crippen LogP contribution in [0.2, 0.25) is 0 Å². The van der Waals surface area contributed by atoms with Crippen LogP contribution in [-0.4, -0.2) is 49.6 Å². The number of benzene rings is 1. The van der Waals surface area contributed by atoms with E-state index in [-0.39, 0.29) is 5.91 Å². The summed E-state index contributed by atoms with van der Waals surface area (Å²) in [5.74, 6) is 1.42. The molecule has 27 heavy (non-hydrogen) atoms. The monoisotopic (exact) mass is 389 g/mol. The number of ether oxygens (including phenoxy) is 2. The molecule has 1 aliphatic heterocycles.